The zero-order valence-electron chi connectivity index (χ0n) is 16.7. The molecule has 1 fully saturated rings. The van der Waals surface area contributed by atoms with Crippen molar-refractivity contribution in [2.75, 3.05) is 19.7 Å². The summed E-state index contributed by atoms with van der Waals surface area (Å²) in [7, 11) is 1.80. The molecule has 0 radical (unpaired) electrons. The molecule has 1 aliphatic heterocycles. The van der Waals surface area contributed by atoms with E-state index in [4.69, 9.17) is 16.3 Å². The number of aromatic nitrogens is 1. The second-order valence-corrected chi connectivity index (χ2v) is 7.89. The number of aryl methyl sites for hydroxylation is 1. The van der Waals surface area contributed by atoms with Crippen LogP contribution in [-0.4, -0.2) is 41.0 Å². The van der Waals surface area contributed by atoms with E-state index in [0.717, 1.165) is 18.4 Å². The van der Waals surface area contributed by atoms with Crippen molar-refractivity contribution in [3.63, 3.8) is 0 Å². The Balaban J connectivity index is 1.70. The molecule has 0 unspecified atom stereocenters. The molecule has 5 nitrogen and oxygen atoms in total. The van der Waals surface area contributed by atoms with E-state index in [2.05, 4.69) is 0 Å². The van der Waals surface area contributed by atoms with Crippen molar-refractivity contribution in [3.05, 3.63) is 58.6 Å². The number of esters is 1. The van der Waals surface area contributed by atoms with Gasteiger partial charge in [0.15, 0.2) is 0 Å². The van der Waals surface area contributed by atoms with Crippen LogP contribution in [-0.2, 0) is 16.6 Å². The molecule has 156 valence electrons. The van der Waals surface area contributed by atoms with Gasteiger partial charge < -0.3 is 14.2 Å². The van der Waals surface area contributed by atoms with Crippen molar-refractivity contribution in [1.29, 1.82) is 0 Å². The second-order valence-electron chi connectivity index (χ2n) is 7.45. The molecule has 0 N–H and O–H groups in total. The molecule has 0 saturated carbocycles. The molecule has 1 amide bonds. The van der Waals surface area contributed by atoms with Crippen molar-refractivity contribution in [2.24, 2.45) is 13.0 Å². The topological polar surface area (TPSA) is 51.5 Å². The van der Waals surface area contributed by atoms with Gasteiger partial charge in [-0.05, 0) is 55.4 Å². The Morgan fingerprint density at radius 2 is 1.90 bits per heavy atom. The van der Waals surface area contributed by atoms with Gasteiger partial charge in [-0.3, -0.25) is 9.59 Å². The smallest absolute Gasteiger partial charge is 0.306 e. The molecule has 0 aliphatic carbocycles. The molecular weight excluding hydrogens is 395 g/mol. The number of ether oxygens (including phenoxy) is 1. The molecule has 29 heavy (non-hydrogen) atoms. The first-order chi connectivity index (χ1) is 13.9. The number of hydrogen-bond donors (Lipinski definition) is 0. The highest BCUT2D eigenvalue weighted by molar-refractivity contribution is 6.31. The zero-order valence-corrected chi connectivity index (χ0v) is 17.5. The number of nitrogens with zero attached hydrogens (tertiary/aromatic N) is 2. The molecule has 1 aromatic carbocycles. The van der Waals surface area contributed by atoms with Crippen LogP contribution < -0.4 is 0 Å². The lowest BCUT2D eigenvalue weighted by Gasteiger charge is -2.36. The Labute approximate surface area is 175 Å². The minimum Gasteiger partial charge on any atom is -0.466 e. The van der Waals surface area contributed by atoms with Crippen molar-refractivity contribution < 1.29 is 18.7 Å². The van der Waals surface area contributed by atoms with E-state index in [0.29, 0.717) is 30.4 Å². The Hall–Kier alpha value is -2.34. The van der Waals surface area contributed by atoms with Gasteiger partial charge in [0, 0.05) is 26.3 Å². The number of likely N-dealkylation sites (tertiary alicyclic amines) is 1. The van der Waals surface area contributed by atoms with E-state index in [1.165, 1.54) is 12.1 Å². The monoisotopic (exact) mass is 420 g/mol. The van der Waals surface area contributed by atoms with Gasteiger partial charge in [-0.25, -0.2) is 4.39 Å². The number of piperidine rings is 1. The predicted molar refractivity (Wildman–Crippen MR) is 109 cm³/mol. The molecule has 0 bridgehead atoms. The number of halogens is 2. The lowest BCUT2D eigenvalue weighted by Crippen LogP contribution is -2.40. The van der Waals surface area contributed by atoms with Gasteiger partial charge in [-0.15, -0.1) is 0 Å². The van der Waals surface area contributed by atoms with Gasteiger partial charge in [0.1, 0.15) is 11.5 Å². The first-order valence-electron chi connectivity index (χ1n) is 9.91. The molecule has 0 spiro atoms. The highest BCUT2D eigenvalue weighted by atomic mass is 35.5. The minimum atomic E-state index is -0.301. The summed E-state index contributed by atoms with van der Waals surface area (Å²) in [5.74, 6) is -0.437. The first-order valence-corrected chi connectivity index (χ1v) is 10.3. The Morgan fingerprint density at radius 3 is 2.45 bits per heavy atom. The predicted octanol–water partition coefficient (Wildman–Crippen LogP) is 4.41. The number of carbonyl (C=O) groups is 2. The molecular formula is C22H26ClFN2O3. The van der Waals surface area contributed by atoms with Crippen LogP contribution in [0.2, 0.25) is 5.02 Å². The summed E-state index contributed by atoms with van der Waals surface area (Å²) in [6.07, 6.45) is 3.51. The number of hydrogen-bond acceptors (Lipinski definition) is 3. The molecule has 7 heteroatoms. The average Bonchev–Trinajstić information content (AvgIpc) is 3.05. The number of carbonyl (C=O) groups excluding carboxylic acids is 2. The van der Waals surface area contributed by atoms with Crippen molar-refractivity contribution in [3.8, 4) is 0 Å². The van der Waals surface area contributed by atoms with Gasteiger partial charge in [0.25, 0.3) is 5.91 Å². The van der Waals surface area contributed by atoms with E-state index in [-0.39, 0.29) is 36.0 Å². The lowest BCUT2D eigenvalue weighted by molar-refractivity contribution is -0.144. The Kier molecular flexibility index (Phi) is 6.96. The van der Waals surface area contributed by atoms with E-state index >= 15 is 0 Å². The summed E-state index contributed by atoms with van der Waals surface area (Å²) in [5, 5.41) is 0.538. The third-order valence-corrected chi connectivity index (χ3v) is 5.78. The fourth-order valence-corrected chi connectivity index (χ4v) is 4.32. The molecule has 1 atom stereocenters. The molecule has 2 aromatic rings. The second kappa shape index (κ2) is 9.44. The largest absolute Gasteiger partial charge is 0.466 e. The van der Waals surface area contributed by atoms with Crippen molar-refractivity contribution >= 4 is 23.5 Å². The highest BCUT2D eigenvalue weighted by Gasteiger charge is 2.32. The number of benzene rings is 1. The molecule has 1 saturated heterocycles. The van der Waals surface area contributed by atoms with Crippen LogP contribution in [0.15, 0.2) is 36.5 Å². The van der Waals surface area contributed by atoms with E-state index < -0.39 is 0 Å². The third kappa shape index (κ3) is 5.18. The zero-order chi connectivity index (χ0) is 21.0. The van der Waals surface area contributed by atoms with Gasteiger partial charge in [-0.2, -0.15) is 0 Å². The van der Waals surface area contributed by atoms with Gasteiger partial charge in [0.2, 0.25) is 0 Å². The summed E-state index contributed by atoms with van der Waals surface area (Å²) in [4.78, 5) is 26.8. The summed E-state index contributed by atoms with van der Waals surface area (Å²) >= 11 is 6.00. The van der Waals surface area contributed by atoms with E-state index in [1.807, 2.05) is 4.90 Å². The van der Waals surface area contributed by atoms with Crippen LogP contribution in [0.4, 0.5) is 4.39 Å². The van der Waals surface area contributed by atoms with Crippen LogP contribution in [0.5, 0.6) is 0 Å². The summed E-state index contributed by atoms with van der Waals surface area (Å²) in [6, 6.07) is 8.00. The highest BCUT2D eigenvalue weighted by Crippen LogP contribution is 2.36. The molecule has 1 aliphatic rings. The van der Waals surface area contributed by atoms with Crippen molar-refractivity contribution in [1.82, 2.24) is 9.47 Å². The summed E-state index contributed by atoms with van der Waals surface area (Å²) < 4.78 is 20.2. The van der Waals surface area contributed by atoms with E-state index in [1.54, 1.807) is 42.9 Å². The maximum atomic E-state index is 13.4. The molecule has 1 aromatic heterocycles. The fraction of sp³-hybridized carbons (Fsp3) is 0.455. The average molecular weight is 421 g/mol. The number of amides is 1. The first kappa shape index (κ1) is 21.4. The summed E-state index contributed by atoms with van der Waals surface area (Å²) in [5.41, 5.74) is 1.49. The Bertz CT molecular complexity index is 857. The van der Waals surface area contributed by atoms with Gasteiger partial charge >= 0.3 is 5.97 Å². The van der Waals surface area contributed by atoms with Gasteiger partial charge in [-0.1, -0.05) is 23.7 Å². The normalized spacial score (nSPS) is 15.9. The maximum Gasteiger partial charge on any atom is 0.306 e. The standard InChI is InChI=1S/C22H26ClFN2O3/c1-3-29-21(27)13-19(15-4-6-18(24)7-5-15)16-8-10-26(11-9-16)22(28)20-12-17(23)14-25(20)2/h4-7,12,14,16,19H,3,8-11,13H2,1-2H3/t19-/m1/s1. The van der Waals surface area contributed by atoms with Crippen molar-refractivity contribution in [2.45, 2.75) is 32.1 Å². The number of rotatable bonds is 6. The lowest BCUT2D eigenvalue weighted by atomic mass is 9.78. The quantitative estimate of drug-likeness (QED) is 0.650. The maximum absolute atomic E-state index is 13.4. The fourth-order valence-electron chi connectivity index (χ4n) is 4.07. The SMILES string of the molecule is CCOC(=O)C[C@H](c1ccc(F)cc1)C1CCN(C(=O)c2cc(Cl)cn2C)CC1. The molecule has 3 rings (SSSR count). The minimum absolute atomic E-state index is 0.0402. The van der Waals surface area contributed by atoms with Crippen LogP contribution in [0.25, 0.3) is 0 Å². The van der Waals surface area contributed by atoms with Crippen LogP contribution >= 0.6 is 11.6 Å². The van der Waals surface area contributed by atoms with Crippen LogP contribution in [0.1, 0.15) is 48.2 Å². The Morgan fingerprint density at radius 1 is 1.24 bits per heavy atom. The van der Waals surface area contributed by atoms with E-state index in [9.17, 15) is 14.0 Å². The van der Waals surface area contributed by atoms with Gasteiger partial charge in [0.05, 0.1) is 18.1 Å². The molecule has 2 heterocycles. The van der Waals surface area contributed by atoms with Crippen LogP contribution in [0, 0.1) is 11.7 Å². The third-order valence-electron chi connectivity index (χ3n) is 5.58. The van der Waals surface area contributed by atoms with Crippen LogP contribution in [0.3, 0.4) is 0 Å². The summed E-state index contributed by atoms with van der Waals surface area (Å²) in [6.45, 7) is 3.32.